The van der Waals surface area contributed by atoms with Crippen LogP contribution in [0.4, 0.5) is 0 Å². The van der Waals surface area contributed by atoms with Gasteiger partial charge in [0.15, 0.2) is 0 Å². The largest absolute Gasteiger partial charge is 0.396 e. The molecule has 0 heterocycles. The second kappa shape index (κ2) is 5.99. The van der Waals surface area contributed by atoms with E-state index in [0.29, 0.717) is 5.92 Å². The molecule has 0 aliphatic rings. The number of aliphatic hydroxyl groups is 2. The summed E-state index contributed by atoms with van der Waals surface area (Å²) in [6.45, 7) is 6.00. The van der Waals surface area contributed by atoms with Crippen LogP contribution in [0.3, 0.4) is 0 Å². The van der Waals surface area contributed by atoms with Crippen LogP contribution >= 0.6 is 15.9 Å². The molecule has 13 heavy (non-hydrogen) atoms. The Kier molecular flexibility index (Phi) is 6.18. The van der Waals surface area contributed by atoms with Crippen molar-refractivity contribution in [3.05, 3.63) is 0 Å². The van der Waals surface area contributed by atoms with Gasteiger partial charge in [-0.3, -0.25) is 0 Å². The van der Waals surface area contributed by atoms with Crippen LogP contribution in [-0.4, -0.2) is 27.2 Å². The topological polar surface area (TPSA) is 40.5 Å². The first kappa shape index (κ1) is 13.4. The average molecular weight is 253 g/mol. The maximum Gasteiger partial charge on any atom is 0.0716 e. The van der Waals surface area contributed by atoms with E-state index >= 15 is 0 Å². The second-order valence-corrected chi connectivity index (χ2v) is 5.42. The van der Waals surface area contributed by atoms with Crippen molar-refractivity contribution in [1.29, 1.82) is 0 Å². The molecule has 2 N–H and O–H groups in total. The number of alkyl halides is 1. The molecule has 80 valence electrons. The van der Waals surface area contributed by atoms with Gasteiger partial charge < -0.3 is 10.2 Å². The summed E-state index contributed by atoms with van der Waals surface area (Å²) >= 11 is 3.47. The standard InChI is InChI=1S/C10H21BrO2/c1-8(6-7-12)4-5-9(11)10(2,3)13/h8-9,12-13H,4-7H2,1-3H3. The molecule has 0 aromatic carbocycles. The lowest BCUT2D eigenvalue weighted by atomic mass is 9.95. The Bertz CT molecular complexity index is 131. The maximum atomic E-state index is 9.63. The van der Waals surface area contributed by atoms with E-state index in [-0.39, 0.29) is 11.4 Å². The fourth-order valence-electron chi connectivity index (χ4n) is 1.15. The lowest BCUT2D eigenvalue weighted by Gasteiger charge is -2.25. The highest BCUT2D eigenvalue weighted by Crippen LogP contribution is 2.24. The average Bonchev–Trinajstić information content (AvgIpc) is 1.99. The zero-order valence-corrected chi connectivity index (χ0v) is 10.3. The highest BCUT2D eigenvalue weighted by atomic mass is 79.9. The summed E-state index contributed by atoms with van der Waals surface area (Å²) < 4.78 is 0. The van der Waals surface area contributed by atoms with Gasteiger partial charge in [-0.1, -0.05) is 22.9 Å². The molecule has 2 nitrogen and oxygen atoms in total. The molecule has 0 amide bonds. The Morgan fingerprint density at radius 1 is 1.23 bits per heavy atom. The van der Waals surface area contributed by atoms with Crippen molar-refractivity contribution in [2.75, 3.05) is 6.61 Å². The van der Waals surface area contributed by atoms with Crippen LogP contribution in [0.5, 0.6) is 0 Å². The molecular weight excluding hydrogens is 232 g/mol. The molecule has 0 saturated carbocycles. The van der Waals surface area contributed by atoms with Crippen LogP contribution in [0.25, 0.3) is 0 Å². The molecule has 0 aliphatic carbocycles. The van der Waals surface area contributed by atoms with E-state index in [0.717, 1.165) is 19.3 Å². The SMILES string of the molecule is CC(CCO)CCC(Br)C(C)(C)O. The zero-order valence-electron chi connectivity index (χ0n) is 8.76. The first-order valence-electron chi connectivity index (χ1n) is 4.85. The molecule has 0 saturated heterocycles. The Balaban J connectivity index is 3.63. The molecule has 0 radical (unpaired) electrons. The highest BCUT2D eigenvalue weighted by Gasteiger charge is 2.23. The fourth-order valence-corrected chi connectivity index (χ4v) is 1.41. The molecule has 2 atom stereocenters. The number of halogens is 1. The summed E-state index contributed by atoms with van der Waals surface area (Å²) in [5.41, 5.74) is -0.654. The van der Waals surface area contributed by atoms with Gasteiger partial charge in [0.25, 0.3) is 0 Å². The number of rotatable bonds is 6. The molecular formula is C10H21BrO2. The Labute approximate surface area is 89.5 Å². The molecule has 0 aliphatic heterocycles. The molecule has 0 rings (SSSR count). The van der Waals surface area contributed by atoms with Crippen LogP contribution in [0.15, 0.2) is 0 Å². The minimum atomic E-state index is -0.654. The normalized spacial score (nSPS) is 17.1. The van der Waals surface area contributed by atoms with Crippen molar-refractivity contribution < 1.29 is 10.2 Å². The minimum Gasteiger partial charge on any atom is -0.396 e. The van der Waals surface area contributed by atoms with E-state index in [4.69, 9.17) is 5.11 Å². The van der Waals surface area contributed by atoms with E-state index in [9.17, 15) is 5.11 Å². The quantitative estimate of drug-likeness (QED) is 0.713. The first-order chi connectivity index (χ1) is 5.88. The van der Waals surface area contributed by atoms with E-state index in [1.54, 1.807) is 0 Å². The summed E-state index contributed by atoms with van der Waals surface area (Å²) in [5.74, 6) is 0.535. The van der Waals surface area contributed by atoms with E-state index in [2.05, 4.69) is 22.9 Å². The lowest BCUT2D eigenvalue weighted by Crippen LogP contribution is -2.31. The van der Waals surface area contributed by atoms with Crippen molar-refractivity contribution >= 4 is 15.9 Å². The smallest absolute Gasteiger partial charge is 0.0716 e. The van der Waals surface area contributed by atoms with Crippen LogP contribution in [0.2, 0.25) is 0 Å². The van der Waals surface area contributed by atoms with Gasteiger partial charge in [0.2, 0.25) is 0 Å². The van der Waals surface area contributed by atoms with E-state index in [1.165, 1.54) is 0 Å². The third kappa shape index (κ3) is 6.47. The number of hydrogen-bond donors (Lipinski definition) is 2. The summed E-state index contributed by atoms with van der Waals surface area (Å²) in [6.07, 6.45) is 2.84. The zero-order chi connectivity index (χ0) is 10.5. The first-order valence-corrected chi connectivity index (χ1v) is 5.76. The van der Waals surface area contributed by atoms with Gasteiger partial charge in [0, 0.05) is 11.4 Å². The van der Waals surface area contributed by atoms with Crippen LogP contribution in [0.1, 0.15) is 40.0 Å². The maximum absolute atomic E-state index is 9.63. The predicted molar refractivity (Wildman–Crippen MR) is 59.1 cm³/mol. The van der Waals surface area contributed by atoms with E-state index in [1.807, 2.05) is 13.8 Å². The van der Waals surface area contributed by atoms with Crippen molar-refractivity contribution in [1.82, 2.24) is 0 Å². The molecule has 3 heteroatoms. The van der Waals surface area contributed by atoms with Crippen molar-refractivity contribution in [3.8, 4) is 0 Å². The molecule has 0 aromatic heterocycles. The fraction of sp³-hybridized carbons (Fsp3) is 1.00. The van der Waals surface area contributed by atoms with Crippen LogP contribution in [-0.2, 0) is 0 Å². The van der Waals surface area contributed by atoms with Crippen molar-refractivity contribution in [2.45, 2.75) is 50.5 Å². The molecule has 0 spiro atoms. The van der Waals surface area contributed by atoms with E-state index < -0.39 is 5.60 Å². The van der Waals surface area contributed by atoms with Gasteiger partial charge >= 0.3 is 0 Å². The minimum absolute atomic E-state index is 0.140. The lowest BCUT2D eigenvalue weighted by molar-refractivity contribution is 0.0753. The Morgan fingerprint density at radius 3 is 2.15 bits per heavy atom. The number of aliphatic hydroxyl groups excluding tert-OH is 1. The molecule has 0 fully saturated rings. The number of hydrogen-bond acceptors (Lipinski definition) is 2. The van der Waals surface area contributed by atoms with Gasteiger partial charge in [0.1, 0.15) is 0 Å². The third-order valence-electron chi connectivity index (χ3n) is 2.30. The van der Waals surface area contributed by atoms with Gasteiger partial charge in [-0.15, -0.1) is 0 Å². The summed E-state index contributed by atoms with van der Waals surface area (Å²) in [4.78, 5) is 0.140. The van der Waals surface area contributed by atoms with Gasteiger partial charge in [-0.2, -0.15) is 0 Å². The summed E-state index contributed by atoms with van der Waals surface area (Å²) in [6, 6.07) is 0. The Morgan fingerprint density at radius 2 is 1.77 bits per heavy atom. The van der Waals surface area contributed by atoms with Gasteiger partial charge in [-0.05, 0) is 39.0 Å². The summed E-state index contributed by atoms with van der Waals surface area (Å²) in [7, 11) is 0. The Hall–Kier alpha value is 0.400. The van der Waals surface area contributed by atoms with Gasteiger partial charge in [-0.25, -0.2) is 0 Å². The molecule has 0 bridgehead atoms. The molecule has 0 aromatic rings. The second-order valence-electron chi connectivity index (χ2n) is 4.32. The van der Waals surface area contributed by atoms with Crippen molar-refractivity contribution in [2.24, 2.45) is 5.92 Å². The summed E-state index contributed by atoms with van der Waals surface area (Å²) in [5, 5.41) is 18.3. The monoisotopic (exact) mass is 252 g/mol. The van der Waals surface area contributed by atoms with Crippen LogP contribution < -0.4 is 0 Å². The third-order valence-corrected chi connectivity index (χ3v) is 3.88. The molecule has 2 unspecified atom stereocenters. The highest BCUT2D eigenvalue weighted by molar-refractivity contribution is 9.09. The van der Waals surface area contributed by atoms with Crippen molar-refractivity contribution in [3.63, 3.8) is 0 Å². The predicted octanol–water partition coefficient (Wildman–Crippen LogP) is 2.32. The van der Waals surface area contributed by atoms with Crippen LogP contribution in [0, 0.1) is 5.92 Å². The van der Waals surface area contributed by atoms with Gasteiger partial charge in [0.05, 0.1) is 5.60 Å².